The van der Waals surface area contributed by atoms with E-state index in [1.165, 1.54) is 27.7 Å². The molecular formula is C6H13Cl2O4P. The summed E-state index contributed by atoms with van der Waals surface area (Å²) in [6, 6.07) is 0. The number of hydrogen-bond donors (Lipinski definition) is 1. The lowest BCUT2D eigenvalue weighted by atomic mass is 10.5. The largest absolute Gasteiger partial charge is 0.475 e. The van der Waals surface area contributed by atoms with E-state index in [4.69, 9.17) is 28.1 Å². The molecule has 0 aliphatic rings. The first-order valence-corrected chi connectivity index (χ1v) is 5.79. The predicted molar refractivity (Wildman–Crippen MR) is 51.9 cm³/mol. The van der Waals surface area contributed by atoms with Crippen LogP contribution in [0.1, 0.15) is 27.7 Å². The van der Waals surface area contributed by atoms with Gasteiger partial charge in [0.2, 0.25) is 0 Å². The van der Waals surface area contributed by atoms with Crippen molar-refractivity contribution < 1.29 is 18.5 Å². The fourth-order valence-electron chi connectivity index (χ4n) is 0.567. The van der Waals surface area contributed by atoms with E-state index < -0.39 is 17.9 Å². The molecule has 4 nitrogen and oxygen atoms in total. The zero-order valence-electron chi connectivity index (χ0n) is 7.88. The van der Waals surface area contributed by atoms with E-state index in [-0.39, 0.29) is 0 Å². The van der Waals surface area contributed by atoms with Crippen molar-refractivity contribution in [3.8, 4) is 0 Å². The van der Waals surface area contributed by atoms with Gasteiger partial charge in [-0.1, -0.05) is 23.2 Å². The highest BCUT2D eigenvalue weighted by Crippen LogP contribution is 2.51. The Labute approximate surface area is 87.7 Å². The molecule has 0 aliphatic heterocycles. The summed E-state index contributed by atoms with van der Waals surface area (Å²) in [7, 11) is -4.20. The Balaban J connectivity index is 4.35. The standard InChI is InChI=1S/C6H13Cl2O4P/c1-5(2,7)11-13(9,10)12-6(3,4)8/h1-4H3,(H,9,10). The van der Waals surface area contributed by atoms with Crippen molar-refractivity contribution in [3.63, 3.8) is 0 Å². The monoisotopic (exact) mass is 250 g/mol. The molecule has 0 spiro atoms. The van der Waals surface area contributed by atoms with Crippen molar-refractivity contribution in [2.24, 2.45) is 0 Å². The number of rotatable bonds is 4. The smallest absolute Gasteiger partial charge is 0.302 e. The molecule has 0 radical (unpaired) electrons. The van der Waals surface area contributed by atoms with Crippen LogP contribution >= 0.6 is 31.0 Å². The molecule has 0 aliphatic carbocycles. The quantitative estimate of drug-likeness (QED) is 0.616. The molecule has 0 saturated carbocycles. The maximum atomic E-state index is 11.2. The maximum absolute atomic E-state index is 11.2. The van der Waals surface area contributed by atoms with Crippen LogP contribution in [0.3, 0.4) is 0 Å². The fraction of sp³-hybridized carbons (Fsp3) is 1.00. The number of halogens is 2. The summed E-state index contributed by atoms with van der Waals surface area (Å²) >= 11 is 11.1. The summed E-state index contributed by atoms with van der Waals surface area (Å²) in [4.78, 5) is 9.13. The van der Waals surface area contributed by atoms with Crippen LogP contribution in [-0.2, 0) is 13.6 Å². The molecule has 0 amide bonds. The summed E-state index contributed by atoms with van der Waals surface area (Å²) in [5.74, 6) is 0. The van der Waals surface area contributed by atoms with Gasteiger partial charge in [-0.2, -0.15) is 0 Å². The molecule has 0 fully saturated rings. The molecule has 0 bridgehead atoms. The van der Waals surface area contributed by atoms with E-state index in [0.29, 0.717) is 0 Å². The van der Waals surface area contributed by atoms with Gasteiger partial charge in [0, 0.05) is 0 Å². The first-order chi connectivity index (χ1) is 5.41. The highest BCUT2D eigenvalue weighted by molar-refractivity contribution is 7.47. The van der Waals surface area contributed by atoms with Gasteiger partial charge in [0.1, 0.15) is 10.1 Å². The van der Waals surface area contributed by atoms with Crippen molar-refractivity contribution in [1.82, 2.24) is 0 Å². The molecule has 0 atom stereocenters. The molecule has 0 heterocycles. The lowest BCUT2D eigenvalue weighted by Gasteiger charge is -2.25. The number of alkyl halides is 2. The number of phosphoric acid groups is 1. The average molecular weight is 251 g/mol. The molecule has 0 aromatic rings. The first-order valence-electron chi connectivity index (χ1n) is 3.53. The third kappa shape index (κ3) is 9.01. The number of phosphoric ester groups is 1. The van der Waals surface area contributed by atoms with Gasteiger partial charge in [-0.05, 0) is 27.7 Å². The molecular weight excluding hydrogens is 238 g/mol. The highest BCUT2D eigenvalue weighted by Gasteiger charge is 2.35. The minimum atomic E-state index is -4.20. The third-order valence-corrected chi connectivity index (χ3v) is 2.41. The van der Waals surface area contributed by atoms with Gasteiger partial charge in [-0.3, -0.25) is 9.05 Å². The van der Waals surface area contributed by atoms with Crippen LogP contribution in [0, 0.1) is 0 Å². The topological polar surface area (TPSA) is 55.8 Å². The van der Waals surface area contributed by atoms with Crippen molar-refractivity contribution in [2.75, 3.05) is 0 Å². The normalized spacial score (nSPS) is 14.7. The van der Waals surface area contributed by atoms with Gasteiger partial charge in [0.05, 0.1) is 0 Å². The zero-order chi connectivity index (χ0) is 10.9. The molecule has 0 unspecified atom stereocenters. The molecule has 80 valence electrons. The van der Waals surface area contributed by atoms with Gasteiger partial charge in [0.25, 0.3) is 0 Å². The van der Waals surface area contributed by atoms with E-state index >= 15 is 0 Å². The van der Waals surface area contributed by atoms with Crippen LogP contribution in [0.25, 0.3) is 0 Å². The second-order valence-electron chi connectivity index (χ2n) is 3.38. The van der Waals surface area contributed by atoms with Crippen LogP contribution in [-0.4, -0.2) is 15.0 Å². The van der Waals surface area contributed by atoms with Crippen LogP contribution in [0.15, 0.2) is 0 Å². The van der Waals surface area contributed by atoms with E-state index in [1.54, 1.807) is 0 Å². The average Bonchev–Trinajstić information content (AvgIpc) is 1.43. The van der Waals surface area contributed by atoms with Crippen molar-refractivity contribution in [2.45, 2.75) is 37.8 Å². The molecule has 0 aromatic carbocycles. The summed E-state index contributed by atoms with van der Waals surface area (Å²) in [6.07, 6.45) is 0. The zero-order valence-corrected chi connectivity index (χ0v) is 10.3. The van der Waals surface area contributed by atoms with E-state index in [9.17, 15) is 4.57 Å². The molecule has 7 heteroatoms. The van der Waals surface area contributed by atoms with Crippen LogP contribution < -0.4 is 0 Å². The molecule has 0 aromatic heterocycles. The second kappa shape index (κ2) is 4.05. The lowest BCUT2D eigenvalue weighted by molar-refractivity contribution is 0.0674. The van der Waals surface area contributed by atoms with E-state index in [2.05, 4.69) is 9.05 Å². The van der Waals surface area contributed by atoms with Crippen molar-refractivity contribution in [1.29, 1.82) is 0 Å². The predicted octanol–water partition coefficient (Wildman–Crippen LogP) is 3.07. The minimum Gasteiger partial charge on any atom is -0.302 e. The van der Waals surface area contributed by atoms with Gasteiger partial charge in [0.15, 0.2) is 0 Å². The summed E-state index contributed by atoms with van der Waals surface area (Å²) in [5.41, 5.74) is 0. The van der Waals surface area contributed by atoms with Crippen LogP contribution in [0.4, 0.5) is 0 Å². The van der Waals surface area contributed by atoms with E-state index in [1.807, 2.05) is 0 Å². The van der Waals surface area contributed by atoms with Crippen molar-refractivity contribution >= 4 is 31.0 Å². The Hall–Kier alpha value is 0.690. The Morgan fingerprint density at radius 3 is 1.46 bits per heavy atom. The Bertz CT molecular complexity index is 198. The number of hydrogen-bond acceptors (Lipinski definition) is 3. The SMILES string of the molecule is CC(C)(Cl)OP(=O)(O)OC(C)(C)Cl. The van der Waals surface area contributed by atoms with Crippen LogP contribution in [0.2, 0.25) is 0 Å². The van der Waals surface area contributed by atoms with Crippen LogP contribution in [0.5, 0.6) is 0 Å². The maximum Gasteiger partial charge on any atom is 0.475 e. The van der Waals surface area contributed by atoms with Crippen molar-refractivity contribution in [3.05, 3.63) is 0 Å². The van der Waals surface area contributed by atoms with Gasteiger partial charge in [-0.15, -0.1) is 0 Å². The molecule has 1 N–H and O–H groups in total. The minimum absolute atomic E-state index is 1.27. The summed E-state index contributed by atoms with van der Waals surface area (Å²) in [6.45, 7) is 5.67. The van der Waals surface area contributed by atoms with Gasteiger partial charge < -0.3 is 4.89 Å². The molecule has 13 heavy (non-hydrogen) atoms. The fourth-order valence-corrected chi connectivity index (χ4v) is 2.23. The summed E-state index contributed by atoms with van der Waals surface area (Å²) in [5, 5.41) is -2.54. The lowest BCUT2D eigenvalue weighted by Crippen LogP contribution is -2.20. The molecule has 0 rings (SSSR count). The van der Waals surface area contributed by atoms with Gasteiger partial charge >= 0.3 is 7.82 Å². The Morgan fingerprint density at radius 2 is 1.31 bits per heavy atom. The second-order valence-corrected chi connectivity index (χ2v) is 6.50. The Morgan fingerprint density at radius 1 is 1.08 bits per heavy atom. The summed E-state index contributed by atoms with van der Waals surface area (Å²) < 4.78 is 20.3. The molecule has 0 saturated heterocycles. The third-order valence-electron chi connectivity index (χ3n) is 0.665. The first kappa shape index (κ1) is 13.7. The van der Waals surface area contributed by atoms with Gasteiger partial charge in [-0.25, -0.2) is 4.57 Å². The highest BCUT2D eigenvalue weighted by atomic mass is 35.5. The Kier molecular flexibility index (Phi) is 4.27. The van der Waals surface area contributed by atoms with E-state index in [0.717, 1.165) is 0 Å².